The molecule has 1 aliphatic rings. The molecule has 142 valence electrons. The molecule has 4 N–H and O–H groups in total. The van der Waals surface area contributed by atoms with Crippen molar-refractivity contribution in [2.75, 3.05) is 12.4 Å². The van der Waals surface area contributed by atoms with E-state index in [1.165, 1.54) is 11.9 Å². The molecule has 0 atom stereocenters. The highest BCUT2D eigenvalue weighted by Gasteiger charge is 2.21. The minimum Gasteiger partial charge on any atom is -0.488 e. The Morgan fingerprint density at radius 2 is 2.04 bits per heavy atom. The van der Waals surface area contributed by atoms with Gasteiger partial charge in [-0.15, -0.1) is 0 Å². The van der Waals surface area contributed by atoms with E-state index in [1.54, 1.807) is 17.5 Å². The fraction of sp³-hybridized carbons (Fsp3) is 0.389. The maximum absolute atomic E-state index is 6.26. The summed E-state index contributed by atoms with van der Waals surface area (Å²) in [4.78, 5) is 13.4. The van der Waals surface area contributed by atoms with Crippen molar-refractivity contribution in [3.05, 3.63) is 30.6 Å². The van der Waals surface area contributed by atoms with Gasteiger partial charge in [0, 0.05) is 17.6 Å². The summed E-state index contributed by atoms with van der Waals surface area (Å²) in [5.74, 6) is 1.34. The second-order valence-electron chi connectivity index (χ2n) is 6.46. The summed E-state index contributed by atoms with van der Waals surface area (Å²) >= 11 is 3.02. The van der Waals surface area contributed by atoms with Crippen molar-refractivity contribution >= 4 is 45.1 Å². The van der Waals surface area contributed by atoms with Crippen LogP contribution in [0.4, 0.5) is 10.9 Å². The van der Waals surface area contributed by atoms with Crippen LogP contribution < -0.4 is 20.5 Å². The van der Waals surface area contributed by atoms with Gasteiger partial charge in [0.15, 0.2) is 4.34 Å². The molecule has 0 bridgehead atoms. The fourth-order valence-electron chi connectivity index (χ4n) is 3.13. The van der Waals surface area contributed by atoms with Gasteiger partial charge < -0.3 is 15.8 Å². The molecule has 2 aromatic heterocycles. The first-order valence-electron chi connectivity index (χ1n) is 8.95. The van der Waals surface area contributed by atoms with Gasteiger partial charge in [0.05, 0.1) is 12.3 Å². The molecule has 0 unspecified atom stereocenters. The van der Waals surface area contributed by atoms with Crippen molar-refractivity contribution in [3.63, 3.8) is 0 Å². The quantitative estimate of drug-likeness (QED) is 0.537. The number of benzene rings is 1. The minimum absolute atomic E-state index is 0.199. The van der Waals surface area contributed by atoms with E-state index in [2.05, 4.69) is 20.0 Å². The topological polar surface area (TPSA) is 98.0 Å². The van der Waals surface area contributed by atoms with Gasteiger partial charge in [0.25, 0.3) is 0 Å². The van der Waals surface area contributed by atoms with Crippen molar-refractivity contribution in [2.24, 2.45) is 5.73 Å². The average molecular weight is 403 g/mol. The molecule has 1 aromatic carbocycles. The number of thiazole rings is 1. The molecular weight excluding hydrogens is 380 g/mol. The molecule has 0 saturated heterocycles. The number of para-hydroxylation sites is 1. The molecule has 0 amide bonds. The van der Waals surface area contributed by atoms with Crippen molar-refractivity contribution in [1.29, 1.82) is 0 Å². The zero-order chi connectivity index (χ0) is 18.6. The van der Waals surface area contributed by atoms with Crippen LogP contribution in [0.2, 0.25) is 0 Å². The molecule has 2 heterocycles. The zero-order valence-corrected chi connectivity index (χ0v) is 16.6. The molecule has 0 radical (unpaired) electrons. The Morgan fingerprint density at radius 1 is 1.19 bits per heavy atom. The van der Waals surface area contributed by atoms with E-state index < -0.39 is 0 Å². The van der Waals surface area contributed by atoms with E-state index in [-0.39, 0.29) is 6.10 Å². The van der Waals surface area contributed by atoms with E-state index in [1.807, 2.05) is 31.4 Å². The Labute approximate surface area is 166 Å². The number of ether oxygens (including phenoxy) is 1. The molecule has 3 aromatic rings. The summed E-state index contributed by atoms with van der Waals surface area (Å²) in [5, 5.41) is 5.09. The number of aromatic nitrogens is 3. The molecule has 0 aliphatic heterocycles. The van der Waals surface area contributed by atoms with Crippen LogP contribution in [-0.2, 0) is 0 Å². The third-order valence-electron chi connectivity index (χ3n) is 4.50. The van der Waals surface area contributed by atoms with Gasteiger partial charge in [-0.1, -0.05) is 23.5 Å². The zero-order valence-electron chi connectivity index (χ0n) is 15.0. The molecule has 4 rings (SSSR count). The van der Waals surface area contributed by atoms with Crippen LogP contribution in [0.1, 0.15) is 25.7 Å². The standard InChI is InChI=1S/C18H22N6OS2/c1-20-27-18-22-10-15(26-18)23-17-21-9-11-3-2-4-14(16(11)24-17)25-13-7-5-12(19)6-8-13/h2-4,9-10,12-13,20H,5-8,19H2,1H3,(H,21,23,24). The number of rotatable bonds is 6. The molecule has 1 aliphatic carbocycles. The Bertz CT molecular complexity index is 910. The Balaban J connectivity index is 1.54. The molecule has 1 saturated carbocycles. The van der Waals surface area contributed by atoms with Crippen molar-refractivity contribution in [1.82, 2.24) is 19.7 Å². The summed E-state index contributed by atoms with van der Waals surface area (Å²) in [6.45, 7) is 0. The van der Waals surface area contributed by atoms with E-state index in [0.29, 0.717) is 12.0 Å². The van der Waals surface area contributed by atoms with Crippen molar-refractivity contribution in [3.8, 4) is 5.75 Å². The smallest absolute Gasteiger partial charge is 0.228 e. The molecule has 9 heteroatoms. The lowest BCUT2D eigenvalue weighted by atomic mass is 9.94. The number of hydrogen-bond acceptors (Lipinski definition) is 9. The Hall–Kier alpha value is -1.94. The summed E-state index contributed by atoms with van der Waals surface area (Å²) in [7, 11) is 1.87. The normalized spacial score (nSPS) is 19.9. The van der Waals surface area contributed by atoms with Gasteiger partial charge in [-0.05, 0) is 50.7 Å². The highest BCUT2D eigenvalue weighted by Crippen LogP contribution is 2.31. The van der Waals surface area contributed by atoms with Crippen LogP contribution in [0, 0.1) is 0 Å². The summed E-state index contributed by atoms with van der Waals surface area (Å²) in [5.41, 5.74) is 6.82. The average Bonchev–Trinajstić information content (AvgIpc) is 3.11. The lowest BCUT2D eigenvalue weighted by Gasteiger charge is -2.27. The largest absolute Gasteiger partial charge is 0.488 e. The van der Waals surface area contributed by atoms with Crippen LogP contribution in [0.15, 0.2) is 34.9 Å². The first kappa shape index (κ1) is 18.4. The predicted molar refractivity (Wildman–Crippen MR) is 111 cm³/mol. The van der Waals surface area contributed by atoms with Crippen LogP contribution >= 0.6 is 23.3 Å². The fourth-order valence-corrected chi connectivity index (χ4v) is 4.64. The lowest BCUT2D eigenvalue weighted by Crippen LogP contribution is -2.31. The number of nitrogens with zero attached hydrogens (tertiary/aromatic N) is 3. The summed E-state index contributed by atoms with van der Waals surface area (Å²) in [6.07, 6.45) is 7.79. The number of fused-ring (bicyclic) bond motifs is 1. The third-order valence-corrected chi connectivity index (χ3v) is 6.19. The van der Waals surface area contributed by atoms with Gasteiger partial charge in [0.2, 0.25) is 5.95 Å². The molecule has 1 fully saturated rings. The van der Waals surface area contributed by atoms with E-state index >= 15 is 0 Å². The first-order valence-corrected chi connectivity index (χ1v) is 10.6. The monoisotopic (exact) mass is 402 g/mol. The molecule has 0 spiro atoms. The Kier molecular flexibility index (Phi) is 5.72. The van der Waals surface area contributed by atoms with Gasteiger partial charge in [0.1, 0.15) is 16.3 Å². The maximum atomic E-state index is 6.26. The van der Waals surface area contributed by atoms with Gasteiger partial charge in [-0.3, -0.25) is 4.72 Å². The lowest BCUT2D eigenvalue weighted by molar-refractivity contribution is 0.149. The van der Waals surface area contributed by atoms with E-state index in [9.17, 15) is 0 Å². The minimum atomic E-state index is 0.199. The molecule has 27 heavy (non-hydrogen) atoms. The van der Waals surface area contributed by atoms with Crippen LogP contribution in [0.3, 0.4) is 0 Å². The van der Waals surface area contributed by atoms with Gasteiger partial charge >= 0.3 is 0 Å². The maximum Gasteiger partial charge on any atom is 0.228 e. The summed E-state index contributed by atoms with van der Waals surface area (Å²) in [6, 6.07) is 6.26. The van der Waals surface area contributed by atoms with Gasteiger partial charge in [-0.25, -0.2) is 15.0 Å². The predicted octanol–water partition coefficient (Wildman–Crippen LogP) is 3.71. The van der Waals surface area contributed by atoms with Crippen molar-refractivity contribution in [2.45, 2.75) is 42.2 Å². The van der Waals surface area contributed by atoms with E-state index in [4.69, 9.17) is 15.5 Å². The van der Waals surface area contributed by atoms with Crippen LogP contribution in [-0.4, -0.2) is 34.1 Å². The van der Waals surface area contributed by atoms with Crippen LogP contribution in [0.25, 0.3) is 10.9 Å². The second-order valence-corrected chi connectivity index (χ2v) is 8.75. The number of nitrogens with two attached hydrogens (primary N) is 1. The molecular formula is C18H22N6OS2. The Morgan fingerprint density at radius 3 is 2.85 bits per heavy atom. The first-order chi connectivity index (χ1) is 13.2. The highest BCUT2D eigenvalue weighted by atomic mass is 32.2. The number of nitrogens with one attached hydrogen (secondary N) is 2. The SMILES string of the molecule is CNSc1ncc(Nc2ncc3cccc(OC4CCC(N)CC4)c3n2)s1. The third kappa shape index (κ3) is 4.49. The van der Waals surface area contributed by atoms with Gasteiger partial charge in [-0.2, -0.15) is 0 Å². The van der Waals surface area contributed by atoms with Crippen LogP contribution in [0.5, 0.6) is 5.75 Å². The number of anilines is 2. The second kappa shape index (κ2) is 8.39. The van der Waals surface area contributed by atoms with Crippen molar-refractivity contribution < 1.29 is 4.74 Å². The number of hydrogen-bond donors (Lipinski definition) is 3. The molecule has 7 nitrogen and oxygen atoms in total. The summed E-state index contributed by atoms with van der Waals surface area (Å²) < 4.78 is 10.2. The highest BCUT2D eigenvalue weighted by molar-refractivity contribution is 7.99. The van der Waals surface area contributed by atoms with E-state index in [0.717, 1.165) is 51.7 Å².